The molecule has 0 unspecified atom stereocenters. The van der Waals surface area contributed by atoms with E-state index in [1.807, 2.05) is 30.3 Å². The standard InChI is InChI=1S/C16H13FN4S/c17-13-7-10(11-3-1-2-4-15(11)22-19)5-6-12(13)14-8-21-16(18)9-20-14/h1-9H,19H2,(H2,18,21). The second-order valence-electron chi connectivity index (χ2n) is 4.64. The second-order valence-corrected chi connectivity index (χ2v) is 5.31. The predicted molar refractivity (Wildman–Crippen MR) is 87.3 cm³/mol. The van der Waals surface area contributed by atoms with Crippen molar-refractivity contribution in [3.05, 3.63) is 60.7 Å². The minimum absolute atomic E-state index is 0.301. The highest BCUT2D eigenvalue weighted by Crippen LogP contribution is 2.31. The molecule has 0 radical (unpaired) electrons. The summed E-state index contributed by atoms with van der Waals surface area (Å²) in [6.07, 6.45) is 2.86. The highest BCUT2D eigenvalue weighted by Gasteiger charge is 2.11. The predicted octanol–water partition coefficient (Wildman–Crippen LogP) is 3.50. The second kappa shape index (κ2) is 6.13. The summed E-state index contributed by atoms with van der Waals surface area (Å²) in [5.74, 6) is -0.0666. The fraction of sp³-hybridized carbons (Fsp3) is 0. The topological polar surface area (TPSA) is 77.8 Å². The summed E-state index contributed by atoms with van der Waals surface area (Å²) in [5, 5.41) is 5.65. The lowest BCUT2D eigenvalue weighted by Gasteiger charge is -2.09. The number of hydrogen-bond donors (Lipinski definition) is 2. The molecular weight excluding hydrogens is 299 g/mol. The number of rotatable bonds is 3. The number of anilines is 1. The average molecular weight is 312 g/mol. The minimum Gasteiger partial charge on any atom is -0.382 e. The molecule has 4 N–H and O–H groups in total. The van der Waals surface area contributed by atoms with E-state index in [1.165, 1.54) is 18.5 Å². The Morgan fingerprint density at radius 2 is 1.77 bits per heavy atom. The van der Waals surface area contributed by atoms with E-state index in [1.54, 1.807) is 6.07 Å². The zero-order valence-corrected chi connectivity index (χ0v) is 12.3. The number of hydrogen-bond acceptors (Lipinski definition) is 5. The zero-order valence-electron chi connectivity index (χ0n) is 11.5. The van der Waals surface area contributed by atoms with Crippen molar-refractivity contribution >= 4 is 17.8 Å². The molecule has 0 bridgehead atoms. The van der Waals surface area contributed by atoms with Crippen LogP contribution in [0.3, 0.4) is 0 Å². The molecule has 1 heterocycles. The van der Waals surface area contributed by atoms with Gasteiger partial charge >= 0.3 is 0 Å². The van der Waals surface area contributed by atoms with E-state index < -0.39 is 0 Å². The monoisotopic (exact) mass is 312 g/mol. The molecule has 0 aliphatic rings. The summed E-state index contributed by atoms with van der Waals surface area (Å²) >= 11 is 1.14. The molecule has 0 atom stereocenters. The molecule has 1 aromatic heterocycles. The first-order chi connectivity index (χ1) is 10.7. The van der Waals surface area contributed by atoms with Gasteiger partial charge in [-0.05, 0) is 41.3 Å². The molecule has 0 saturated carbocycles. The Kier molecular flexibility index (Phi) is 4.04. The van der Waals surface area contributed by atoms with Crippen molar-refractivity contribution in [2.24, 2.45) is 5.14 Å². The molecule has 0 fully saturated rings. The zero-order chi connectivity index (χ0) is 15.5. The summed E-state index contributed by atoms with van der Waals surface area (Å²) < 4.78 is 14.4. The Morgan fingerprint density at radius 1 is 0.955 bits per heavy atom. The van der Waals surface area contributed by atoms with Crippen LogP contribution in [0.25, 0.3) is 22.4 Å². The molecule has 3 aromatic rings. The van der Waals surface area contributed by atoms with Gasteiger partial charge in [-0.15, -0.1) is 0 Å². The van der Waals surface area contributed by atoms with Gasteiger partial charge in [-0.3, -0.25) is 10.1 Å². The molecule has 0 saturated heterocycles. The van der Waals surface area contributed by atoms with Crippen molar-refractivity contribution in [3.63, 3.8) is 0 Å². The first kappa shape index (κ1) is 14.5. The fourth-order valence-corrected chi connectivity index (χ4v) is 2.65. The van der Waals surface area contributed by atoms with Gasteiger partial charge in [0.1, 0.15) is 11.6 Å². The average Bonchev–Trinajstić information content (AvgIpc) is 2.56. The summed E-state index contributed by atoms with van der Waals surface area (Å²) in [6.45, 7) is 0. The SMILES string of the molecule is NSc1ccccc1-c1ccc(-c2cnc(N)cn2)c(F)c1. The van der Waals surface area contributed by atoms with Crippen molar-refractivity contribution in [1.82, 2.24) is 9.97 Å². The molecule has 0 aliphatic heterocycles. The van der Waals surface area contributed by atoms with Gasteiger partial charge in [0.05, 0.1) is 18.1 Å². The third-order valence-corrected chi connectivity index (χ3v) is 3.85. The van der Waals surface area contributed by atoms with Crippen LogP contribution in [0.15, 0.2) is 59.8 Å². The molecule has 0 spiro atoms. The van der Waals surface area contributed by atoms with E-state index in [2.05, 4.69) is 9.97 Å². The van der Waals surface area contributed by atoms with E-state index in [0.29, 0.717) is 17.1 Å². The van der Waals surface area contributed by atoms with Gasteiger partial charge in [-0.25, -0.2) is 9.37 Å². The summed E-state index contributed by atoms with van der Waals surface area (Å²) in [4.78, 5) is 8.92. The third kappa shape index (κ3) is 2.79. The molecule has 110 valence electrons. The van der Waals surface area contributed by atoms with Crippen LogP contribution in [0, 0.1) is 5.82 Å². The fourth-order valence-electron chi connectivity index (χ4n) is 2.18. The van der Waals surface area contributed by atoms with Gasteiger partial charge in [0, 0.05) is 10.5 Å². The van der Waals surface area contributed by atoms with Crippen LogP contribution < -0.4 is 10.9 Å². The van der Waals surface area contributed by atoms with Gasteiger partial charge in [-0.1, -0.05) is 24.3 Å². The smallest absolute Gasteiger partial charge is 0.141 e. The number of nitrogens with two attached hydrogens (primary N) is 2. The highest BCUT2D eigenvalue weighted by molar-refractivity contribution is 7.97. The van der Waals surface area contributed by atoms with Crippen LogP contribution >= 0.6 is 11.9 Å². The van der Waals surface area contributed by atoms with Gasteiger partial charge < -0.3 is 5.73 Å². The molecule has 3 rings (SSSR count). The summed E-state index contributed by atoms with van der Waals surface area (Å²) in [5.41, 5.74) is 7.98. The Hall–Kier alpha value is -2.44. The molecule has 0 aliphatic carbocycles. The quantitative estimate of drug-likeness (QED) is 0.724. The lowest BCUT2D eigenvalue weighted by molar-refractivity contribution is 0.631. The summed E-state index contributed by atoms with van der Waals surface area (Å²) in [6, 6.07) is 12.6. The highest BCUT2D eigenvalue weighted by atomic mass is 32.2. The number of aromatic nitrogens is 2. The van der Waals surface area contributed by atoms with Crippen LogP contribution in [-0.4, -0.2) is 9.97 Å². The Labute approximate surface area is 131 Å². The van der Waals surface area contributed by atoms with Gasteiger partial charge in [0.15, 0.2) is 0 Å². The molecule has 2 aromatic carbocycles. The molecule has 0 amide bonds. The van der Waals surface area contributed by atoms with Crippen molar-refractivity contribution in [2.75, 3.05) is 5.73 Å². The number of halogens is 1. The van der Waals surface area contributed by atoms with Crippen molar-refractivity contribution < 1.29 is 4.39 Å². The number of nitrogens with zero attached hydrogens (tertiary/aromatic N) is 2. The maximum Gasteiger partial charge on any atom is 0.141 e. The van der Waals surface area contributed by atoms with Crippen molar-refractivity contribution in [3.8, 4) is 22.4 Å². The van der Waals surface area contributed by atoms with E-state index in [-0.39, 0.29) is 5.82 Å². The summed E-state index contributed by atoms with van der Waals surface area (Å²) in [7, 11) is 0. The first-order valence-electron chi connectivity index (χ1n) is 6.52. The largest absolute Gasteiger partial charge is 0.382 e. The van der Waals surface area contributed by atoms with E-state index in [0.717, 1.165) is 28.0 Å². The maximum absolute atomic E-state index is 14.4. The molecular formula is C16H13FN4S. The number of nitrogen functional groups attached to an aromatic ring is 1. The van der Waals surface area contributed by atoms with Crippen LogP contribution in [0.5, 0.6) is 0 Å². The van der Waals surface area contributed by atoms with Crippen molar-refractivity contribution in [1.29, 1.82) is 0 Å². The molecule has 22 heavy (non-hydrogen) atoms. The Balaban J connectivity index is 2.04. The van der Waals surface area contributed by atoms with Crippen LogP contribution in [0.1, 0.15) is 0 Å². The van der Waals surface area contributed by atoms with Gasteiger partial charge in [0.2, 0.25) is 0 Å². The van der Waals surface area contributed by atoms with Crippen molar-refractivity contribution in [2.45, 2.75) is 4.90 Å². The molecule has 4 nitrogen and oxygen atoms in total. The van der Waals surface area contributed by atoms with E-state index in [4.69, 9.17) is 10.9 Å². The maximum atomic E-state index is 14.4. The van der Waals surface area contributed by atoms with E-state index in [9.17, 15) is 4.39 Å². The number of benzene rings is 2. The Bertz CT molecular complexity index is 805. The molecule has 6 heteroatoms. The van der Waals surface area contributed by atoms with Gasteiger partial charge in [0.25, 0.3) is 0 Å². The van der Waals surface area contributed by atoms with Crippen LogP contribution in [0.2, 0.25) is 0 Å². The van der Waals surface area contributed by atoms with Gasteiger partial charge in [-0.2, -0.15) is 0 Å². The Morgan fingerprint density at radius 3 is 2.45 bits per heavy atom. The lowest BCUT2D eigenvalue weighted by Crippen LogP contribution is -1.94. The van der Waals surface area contributed by atoms with Crippen LogP contribution in [-0.2, 0) is 0 Å². The normalized spacial score (nSPS) is 10.6. The van der Waals surface area contributed by atoms with E-state index >= 15 is 0 Å². The third-order valence-electron chi connectivity index (χ3n) is 3.24. The lowest BCUT2D eigenvalue weighted by atomic mass is 10.0. The van der Waals surface area contributed by atoms with Crippen LogP contribution in [0.4, 0.5) is 10.2 Å². The minimum atomic E-state index is -0.367. The first-order valence-corrected chi connectivity index (χ1v) is 7.40.